The van der Waals surface area contributed by atoms with Crippen molar-refractivity contribution in [2.45, 2.75) is 30.7 Å². The topological polar surface area (TPSA) is 81.4 Å². The molecule has 1 aromatic heterocycles. The Hall–Kier alpha value is -2.35. The molecule has 1 aromatic carbocycles. The molecule has 3 rings (SSSR count). The lowest BCUT2D eigenvalue weighted by molar-refractivity contribution is 0.555. The fourth-order valence-electron chi connectivity index (χ4n) is 3.08. The average molecular weight is 349 g/mol. The molecule has 24 heavy (non-hydrogen) atoms. The van der Waals surface area contributed by atoms with Crippen LogP contribution in [0.1, 0.15) is 18.9 Å². The molecule has 0 bridgehead atoms. The van der Waals surface area contributed by atoms with Crippen molar-refractivity contribution in [2.24, 2.45) is 14.1 Å². The first kappa shape index (κ1) is 16.5. The van der Waals surface area contributed by atoms with Gasteiger partial charge >= 0.3 is 5.69 Å². The monoisotopic (exact) mass is 349 g/mol. The minimum atomic E-state index is -4.08. The van der Waals surface area contributed by atoms with E-state index in [4.69, 9.17) is 0 Å². The van der Waals surface area contributed by atoms with Crippen LogP contribution in [0.15, 0.2) is 44.9 Å². The first-order valence-electron chi connectivity index (χ1n) is 7.64. The number of para-hydroxylation sites is 1. The molecule has 0 saturated carbocycles. The van der Waals surface area contributed by atoms with Crippen LogP contribution in [0.25, 0.3) is 0 Å². The molecular weight excluding hydrogens is 330 g/mol. The Labute approximate surface area is 139 Å². The van der Waals surface area contributed by atoms with Crippen molar-refractivity contribution < 1.29 is 8.42 Å². The lowest BCUT2D eigenvalue weighted by Crippen LogP contribution is -2.46. The first-order valence-corrected chi connectivity index (χ1v) is 9.08. The molecule has 1 atom stereocenters. The minimum Gasteiger partial charge on any atom is -0.302 e. The van der Waals surface area contributed by atoms with Crippen LogP contribution in [0.4, 0.5) is 5.69 Å². The van der Waals surface area contributed by atoms with E-state index in [0.29, 0.717) is 12.1 Å². The van der Waals surface area contributed by atoms with Gasteiger partial charge in [0.1, 0.15) is 0 Å². The Bertz CT molecular complexity index is 1020. The Morgan fingerprint density at radius 1 is 1.12 bits per heavy atom. The zero-order chi connectivity index (χ0) is 17.6. The molecule has 2 aromatic rings. The van der Waals surface area contributed by atoms with Crippen LogP contribution >= 0.6 is 0 Å². The number of aryl methyl sites for hydroxylation is 2. The lowest BCUT2D eigenvalue weighted by Gasteiger charge is -2.35. The van der Waals surface area contributed by atoms with Crippen LogP contribution in [-0.2, 0) is 30.5 Å². The molecule has 0 fully saturated rings. The van der Waals surface area contributed by atoms with E-state index >= 15 is 0 Å². The summed E-state index contributed by atoms with van der Waals surface area (Å²) in [5.41, 5.74) is 0.146. The number of nitrogens with zero attached hydrogens (tertiary/aromatic N) is 3. The number of aromatic nitrogens is 2. The summed E-state index contributed by atoms with van der Waals surface area (Å²) in [6.45, 7) is 1.82. The van der Waals surface area contributed by atoms with Crippen molar-refractivity contribution in [3.8, 4) is 0 Å². The molecule has 0 aliphatic carbocycles. The van der Waals surface area contributed by atoms with Crippen molar-refractivity contribution in [1.29, 1.82) is 0 Å². The second-order valence-electron chi connectivity index (χ2n) is 6.07. The molecule has 0 N–H and O–H groups in total. The van der Waals surface area contributed by atoms with E-state index in [0.717, 1.165) is 27.3 Å². The highest BCUT2D eigenvalue weighted by Crippen LogP contribution is 2.34. The van der Waals surface area contributed by atoms with E-state index < -0.39 is 26.2 Å². The van der Waals surface area contributed by atoms with E-state index in [2.05, 4.69) is 0 Å². The summed E-state index contributed by atoms with van der Waals surface area (Å²) >= 11 is 0. The van der Waals surface area contributed by atoms with E-state index in [9.17, 15) is 18.0 Å². The third-order valence-corrected chi connectivity index (χ3v) is 6.32. The zero-order valence-electron chi connectivity index (χ0n) is 13.8. The van der Waals surface area contributed by atoms with Crippen molar-refractivity contribution in [3.05, 3.63) is 56.9 Å². The Kier molecular flexibility index (Phi) is 3.87. The van der Waals surface area contributed by atoms with Crippen molar-refractivity contribution in [1.82, 2.24) is 9.13 Å². The van der Waals surface area contributed by atoms with Crippen LogP contribution in [0.3, 0.4) is 0 Å². The summed E-state index contributed by atoms with van der Waals surface area (Å²) < 4.78 is 29.6. The van der Waals surface area contributed by atoms with E-state index in [1.54, 1.807) is 12.1 Å². The first-order chi connectivity index (χ1) is 11.2. The molecule has 1 aliphatic heterocycles. The van der Waals surface area contributed by atoms with Crippen LogP contribution in [-0.4, -0.2) is 23.6 Å². The molecule has 7 nitrogen and oxygen atoms in total. The van der Waals surface area contributed by atoms with Crippen LogP contribution in [0.2, 0.25) is 0 Å². The van der Waals surface area contributed by atoms with Gasteiger partial charge in [0.15, 0.2) is 4.90 Å². The Morgan fingerprint density at radius 3 is 2.50 bits per heavy atom. The van der Waals surface area contributed by atoms with Crippen molar-refractivity contribution in [3.63, 3.8) is 0 Å². The maximum absolute atomic E-state index is 13.2. The number of fused-ring (bicyclic) bond motifs is 1. The predicted molar refractivity (Wildman–Crippen MR) is 90.8 cm³/mol. The number of hydrogen-bond acceptors (Lipinski definition) is 4. The average Bonchev–Trinajstić information content (AvgIpc) is 2.55. The molecule has 0 saturated heterocycles. The van der Waals surface area contributed by atoms with Gasteiger partial charge in [-0.2, -0.15) is 0 Å². The minimum absolute atomic E-state index is 0.271. The van der Waals surface area contributed by atoms with Gasteiger partial charge in [-0.1, -0.05) is 18.2 Å². The fourth-order valence-corrected chi connectivity index (χ4v) is 4.96. The quantitative estimate of drug-likeness (QED) is 0.796. The zero-order valence-corrected chi connectivity index (χ0v) is 14.6. The SMILES string of the molecule is CC1CCc2ccccc2N1S(=O)(=O)c1cn(C)c(=O)n(C)c1=O. The highest BCUT2D eigenvalue weighted by atomic mass is 32.2. The fraction of sp³-hybridized carbons (Fsp3) is 0.375. The molecule has 0 amide bonds. The molecule has 128 valence electrons. The normalized spacial score (nSPS) is 17.6. The summed E-state index contributed by atoms with van der Waals surface area (Å²) in [6, 6.07) is 7.01. The second-order valence-corrected chi connectivity index (χ2v) is 7.85. The van der Waals surface area contributed by atoms with Gasteiger partial charge in [0, 0.05) is 26.3 Å². The smallest absolute Gasteiger partial charge is 0.302 e. The standard InChI is InChI=1S/C16H19N3O4S/c1-11-8-9-12-6-4-5-7-13(12)19(11)24(22,23)14-10-17(2)16(21)18(3)15(14)20/h4-7,10-11H,8-9H2,1-3H3. The van der Waals surface area contributed by atoms with Gasteiger partial charge in [0.2, 0.25) is 0 Å². The highest BCUT2D eigenvalue weighted by Gasteiger charge is 2.36. The molecule has 0 spiro atoms. The number of anilines is 1. The van der Waals surface area contributed by atoms with Gasteiger partial charge in [0.25, 0.3) is 15.6 Å². The van der Waals surface area contributed by atoms with Crippen molar-refractivity contribution >= 4 is 15.7 Å². The van der Waals surface area contributed by atoms with E-state index in [-0.39, 0.29) is 6.04 Å². The third kappa shape index (κ3) is 2.37. The second kappa shape index (κ2) is 5.62. The molecule has 0 radical (unpaired) electrons. The molecular formula is C16H19N3O4S. The molecule has 2 heterocycles. The summed E-state index contributed by atoms with van der Waals surface area (Å²) in [7, 11) is -1.38. The Morgan fingerprint density at radius 2 is 1.79 bits per heavy atom. The van der Waals surface area contributed by atoms with Gasteiger partial charge < -0.3 is 4.57 Å². The largest absolute Gasteiger partial charge is 0.330 e. The molecule has 1 aliphatic rings. The van der Waals surface area contributed by atoms with Crippen LogP contribution < -0.4 is 15.6 Å². The summed E-state index contributed by atoms with van der Waals surface area (Å²) in [4.78, 5) is 23.8. The maximum Gasteiger partial charge on any atom is 0.330 e. The summed E-state index contributed by atoms with van der Waals surface area (Å²) in [5, 5.41) is 0. The molecule has 8 heteroatoms. The number of sulfonamides is 1. The van der Waals surface area contributed by atoms with E-state index in [1.807, 2.05) is 19.1 Å². The van der Waals surface area contributed by atoms with E-state index in [1.165, 1.54) is 18.4 Å². The van der Waals surface area contributed by atoms with Gasteiger partial charge in [-0.05, 0) is 31.4 Å². The summed E-state index contributed by atoms with van der Waals surface area (Å²) in [5.74, 6) is 0. The highest BCUT2D eigenvalue weighted by molar-refractivity contribution is 7.92. The van der Waals surface area contributed by atoms with Gasteiger partial charge in [-0.25, -0.2) is 13.2 Å². The maximum atomic E-state index is 13.2. The predicted octanol–water partition coefficient (Wildman–Crippen LogP) is 0.614. The van der Waals surface area contributed by atoms with Crippen molar-refractivity contribution in [2.75, 3.05) is 4.31 Å². The number of benzene rings is 1. The van der Waals surface area contributed by atoms with Crippen LogP contribution in [0.5, 0.6) is 0 Å². The number of rotatable bonds is 2. The third-order valence-electron chi connectivity index (χ3n) is 4.41. The van der Waals surface area contributed by atoms with Gasteiger partial charge in [-0.15, -0.1) is 0 Å². The molecule has 1 unspecified atom stereocenters. The summed E-state index contributed by atoms with van der Waals surface area (Å²) in [6.07, 6.45) is 2.56. The van der Waals surface area contributed by atoms with Crippen LogP contribution in [0, 0.1) is 0 Å². The van der Waals surface area contributed by atoms with Gasteiger partial charge in [0.05, 0.1) is 5.69 Å². The Balaban J connectivity index is 2.27. The number of hydrogen-bond donors (Lipinski definition) is 0. The van der Waals surface area contributed by atoms with Gasteiger partial charge in [-0.3, -0.25) is 13.7 Å². The lowest BCUT2D eigenvalue weighted by atomic mass is 9.99.